The van der Waals surface area contributed by atoms with Gasteiger partial charge in [0.25, 0.3) is 5.89 Å². The Balaban J connectivity index is 1.74. The van der Waals surface area contributed by atoms with Gasteiger partial charge in [-0.15, -0.1) is 0 Å². The molecule has 2 aromatic carbocycles. The van der Waals surface area contributed by atoms with Crippen LogP contribution < -0.4 is 4.74 Å². The molecule has 0 atom stereocenters. The van der Waals surface area contributed by atoms with Crippen LogP contribution in [-0.4, -0.2) is 21.9 Å². The van der Waals surface area contributed by atoms with E-state index in [2.05, 4.69) is 10.1 Å². The Hall–Kier alpha value is -2.99. The van der Waals surface area contributed by atoms with E-state index in [4.69, 9.17) is 25.3 Å². The number of phenols is 1. The van der Waals surface area contributed by atoms with Gasteiger partial charge in [0.2, 0.25) is 5.82 Å². The fourth-order valence-electron chi connectivity index (χ4n) is 2.60. The standard InChI is InChI=1S/C18H13ClN2O4/c1-2-23-15-6-3-10(9-13(15)19)18-20-17(21-25-18)12-4-5-14(22)16-11(12)7-8-24-16/h3-9,22H,2H2,1H3. The lowest BCUT2D eigenvalue weighted by Crippen LogP contribution is -1.92. The van der Waals surface area contributed by atoms with Gasteiger partial charge in [-0.2, -0.15) is 4.98 Å². The van der Waals surface area contributed by atoms with Crippen molar-refractivity contribution in [2.45, 2.75) is 6.92 Å². The van der Waals surface area contributed by atoms with Gasteiger partial charge in [0.15, 0.2) is 11.3 Å². The number of nitrogens with zero attached hydrogens (tertiary/aromatic N) is 2. The maximum Gasteiger partial charge on any atom is 0.258 e. The molecule has 0 aliphatic carbocycles. The van der Waals surface area contributed by atoms with Crippen molar-refractivity contribution in [1.29, 1.82) is 0 Å². The molecular weight excluding hydrogens is 344 g/mol. The number of aromatic nitrogens is 2. The molecule has 1 N–H and O–H groups in total. The normalized spacial score (nSPS) is 11.1. The monoisotopic (exact) mass is 356 g/mol. The Kier molecular flexibility index (Phi) is 3.82. The molecule has 4 aromatic rings. The van der Waals surface area contributed by atoms with Crippen molar-refractivity contribution in [1.82, 2.24) is 10.1 Å². The van der Waals surface area contributed by atoms with Crippen molar-refractivity contribution >= 4 is 22.6 Å². The predicted molar refractivity (Wildman–Crippen MR) is 92.8 cm³/mol. The predicted octanol–water partition coefficient (Wildman–Crippen LogP) is 4.91. The Morgan fingerprint density at radius 3 is 2.88 bits per heavy atom. The number of halogens is 1. The molecule has 126 valence electrons. The summed E-state index contributed by atoms with van der Waals surface area (Å²) in [5.41, 5.74) is 1.77. The van der Waals surface area contributed by atoms with E-state index in [0.717, 1.165) is 0 Å². The molecule has 0 fully saturated rings. The molecule has 7 heteroatoms. The van der Waals surface area contributed by atoms with Gasteiger partial charge in [-0.05, 0) is 43.3 Å². The number of fused-ring (bicyclic) bond motifs is 1. The number of ether oxygens (including phenoxy) is 1. The molecule has 2 aromatic heterocycles. The van der Waals surface area contributed by atoms with Gasteiger partial charge in [-0.25, -0.2) is 0 Å². The van der Waals surface area contributed by atoms with Gasteiger partial charge in [0.05, 0.1) is 17.9 Å². The SMILES string of the molecule is CCOc1ccc(-c2nc(-c3ccc(O)c4occc34)no2)cc1Cl. The number of aromatic hydroxyl groups is 1. The number of furan rings is 1. The highest BCUT2D eigenvalue weighted by Crippen LogP contribution is 2.35. The summed E-state index contributed by atoms with van der Waals surface area (Å²) in [5.74, 6) is 1.40. The van der Waals surface area contributed by atoms with Crippen LogP contribution in [0, 0.1) is 0 Å². The van der Waals surface area contributed by atoms with E-state index in [9.17, 15) is 5.11 Å². The summed E-state index contributed by atoms with van der Waals surface area (Å²) >= 11 is 6.21. The highest BCUT2D eigenvalue weighted by Gasteiger charge is 2.16. The number of hydrogen-bond acceptors (Lipinski definition) is 6. The Morgan fingerprint density at radius 2 is 2.08 bits per heavy atom. The van der Waals surface area contributed by atoms with Crippen molar-refractivity contribution < 1.29 is 18.8 Å². The van der Waals surface area contributed by atoms with Crippen molar-refractivity contribution in [3.63, 3.8) is 0 Å². The van der Waals surface area contributed by atoms with E-state index >= 15 is 0 Å². The second-order valence-electron chi connectivity index (χ2n) is 5.30. The van der Waals surface area contributed by atoms with Crippen LogP contribution in [0.3, 0.4) is 0 Å². The fourth-order valence-corrected chi connectivity index (χ4v) is 2.83. The minimum atomic E-state index is 0.0609. The number of rotatable bonds is 4. The topological polar surface area (TPSA) is 81.5 Å². The number of hydrogen-bond donors (Lipinski definition) is 1. The minimum Gasteiger partial charge on any atom is -0.504 e. The summed E-state index contributed by atoms with van der Waals surface area (Å²) in [6.45, 7) is 2.42. The van der Waals surface area contributed by atoms with Gasteiger partial charge < -0.3 is 18.8 Å². The molecule has 25 heavy (non-hydrogen) atoms. The second-order valence-corrected chi connectivity index (χ2v) is 5.70. The largest absolute Gasteiger partial charge is 0.504 e. The second kappa shape index (κ2) is 6.14. The lowest BCUT2D eigenvalue weighted by atomic mass is 10.1. The van der Waals surface area contributed by atoms with Crippen LogP contribution in [0.15, 0.2) is 51.6 Å². The maximum absolute atomic E-state index is 9.83. The molecule has 0 bridgehead atoms. The van der Waals surface area contributed by atoms with Crippen LogP contribution in [0.5, 0.6) is 11.5 Å². The summed E-state index contributed by atoms with van der Waals surface area (Å²) in [5, 5.41) is 15.0. The first-order chi connectivity index (χ1) is 12.2. The lowest BCUT2D eigenvalue weighted by Gasteiger charge is -2.05. The zero-order valence-electron chi connectivity index (χ0n) is 13.2. The quantitative estimate of drug-likeness (QED) is 0.559. The zero-order chi connectivity index (χ0) is 17.4. The Morgan fingerprint density at radius 1 is 1.20 bits per heavy atom. The van der Waals surface area contributed by atoms with Crippen LogP contribution in [0.2, 0.25) is 5.02 Å². The number of benzene rings is 2. The molecule has 0 amide bonds. The third-order valence-electron chi connectivity index (χ3n) is 3.74. The molecule has 0 spiro atoms. The molecule has 0 saturated heterocycles. The van der Waals surface area contributed by atoms with E-state index in [-0.39, 0.29) is 5.75 Å². The van der Waals surface area contributed by atoms with Crippen molar-refractivity contribution in [3.05, 3.63) is 47.7 Å². The van der Waals surface area contributed by atoms with E-state index in [1.807, 2.05) is 6.92 Å². The van der Waals surface area contributed by atoms with Crippen LogP contribution >= 0.6 is 11.6 Å². The van der Waals surface area contributed by atoms with E-state index in [1.54, 1.807) is 30.3 Å². The lowest BCUT2D eigenvalue weighted by molar-refractivity contribution is 0.340. The molecule has 0 unspecified atom stereocenters. The first-order valence-corrected chi connectivity index (χ1v) is 8.01. The molecular formula is C18H13ClN2O4. The minimum absolute atomic E-state index is 0.0609. The van der Waals surface area contributed by atoms with Crippen molar-refractivity contribution in [2.75, 3.05) is 6.61 Å². The molecule has 0 saturated carbocycles. The van der Waals surface area contributed by atoms with Gasteiger partial charge in [-0.1, -0.05) is 16.8 Å². The van der Waals surface area contributed by atoms with Crippen LogP contribution in [0.4, 0.5) is 0 Å². The molecule has 0 aliphatic rings. The summed E-state index contributed by atoms with van der Waals surface area (Å²) in [6.07, 6.45) is 1.50. The van der Waals surface area contributed by atoms with Gasteiger partial charge >= 0.3 is 0 Å². The van der Waals surface area contributed by atoms with Crippen molar-refractivity contribution in [2.24, 2.45) is 0 Å². The van der Waals surface area contributed by atoms with Crippen LogP contribution in [-0.2, 0) is 0 Å². The summed E-state index contributed by atoms with van der Waals surface area (Å²) in [4.78, 5) is 4.43. The molecule has 0 aliphatic heterocycles. The average Bonchev–Trinajstić information content (AvgIpc) is 3.27. The van der Waals surface area contributed by atoms with Crippen molar-refractivity contribution in [3.8, 4) is 34.3 Å². The summed E-state index contributed by atoms with van der Waals surface area (Å²) in [6, 6.07) is 10.3. The van der Waals surface area contributed by atoms with E-state index in [1.165, 1.54) is 12.3 Å². The maximum atomic E-state index is 9.83. The molecule has 0 radical (unpaired) electrons. The van der Waals surface area contributed by atoms with E-state index in [0.29, 0.717) is 51.2 Å². The van der Waals surface area contributed by atoms with Crippen LogP contribution in [0.1, 0.15) is 6.92 Å². The first kappa shape index (κ1) is 15.5. The third kappa shape index (κ3) is 2.70. The third-order valence-corrected chi connectivity index (χ3v) is 4.04. The summed E-state index contributed by atoms with van der Waals surface area (Å²) < 4.78 is 16.1. The fraction of sp³-hybridized carbons (Fsp3) is 0.111. The highest BCUT2D eigenvalue weighted by molar-refractivity contribution is 6.32. The zero-order valence-corrected chi connectivity index (χ0v) is 13.9. The average molecular weight is 357 g/mol. The first-order valence-electron chi connectivity index (χ1n) is 7.63. The van der Waals surface area contributed by atoms with Gasteiger partial charge in [0.1, 0.15) is 5.75 Å². The summed E-state index contributed by atoms with van der Waals surface area (Å²) in [7, 11) is 0. The Bertz CT molecular complexity index is 1050. The highest BCUT2D eigenvalue weighted by atomic mass is 35.5. The number of phenolic OH excluding ortho intramolecular Hbond substituents is 1. The van der Waals surface area contributed by atoms with Gasteiger partial charge in [-0.3, -0.25) is 0 Å². The van der Waals surface area contributed by atoms with Gasteiger partial charge in [0, 0.05) is 16.5 Å². The molecule has 6 nitrogen and oxygen atoms in total. The van der Waals surface area contributed by atoms with Crippen LogP contribution in [0.25, 0.3) is 33.8 Å². The Labute approximate surface area is 147 Å². The molecule has 2 heterocycles. The van der Waals surface area contributed by atoms with E-state index < -0.39 is 0 Å². The molecule has 4 rings (SSSR count). The smallest absolute Gasteiger partial charge is 0.258 e.